The maximum Gasteiger partial charge on any atom is 0.137 e. The van der Waals surface area contributed by atoms with Crippen molar-refractivity contribution in [3.05, 3.63) is 0 Å². The van der Waals surface area contributed by atoms with Crippen molar-refractivity contribution in [3.8, 4) is 0 Å². The van der Waals surface area contributed by atoms with E-state index < -0.39 is 0 Å². The van der Waals surface area contributed by atoms with Crippen LogP contribution in [0.1, 0.15) is 60.3 Å². The molecule has 4 radical (unpaired) electrons. The topological polar surface area (TPSA) is 36.9 Å². The van der Waals surface area contributed by atoms with Crippen LogP contribution in [0.3, 0.4) is 0 Å². The zero-order valence-electron chi connectivity index (χ0n) is 15.0. The van der Waals surface area contributed by atoms with E-state index in [0.717, 1.165) is 0 Å². The number of ether oxygens (including phenoxy) is 4. The molecule has 22 heavy (non-hydrogen) atoms. The molecule has 0 spiro atoms. The maximum atomic E-state index is 5.73. The highest BCUT2D eigenvalue weighted by Gasteiger charge is 2.24. The van der Waals surface area contributed by atoms with Gasteiger partial charge in [-0.2, -0.15) is 0 Å². The SMILES string of the molecule is CCCCCC([Si]C(OCC)OCC)[Si]C(OCC)OCC. The van der Waals surface area contributed by atoms with Gasteiger partial charge >= 0.3 is 0 Å². The van der Waals surface area contributed by atoms with Crippen LogP contribution in [0.5, 0.6) is 0 Å². The Hall–Kier alpha value is 0.274. The van der Waals surface area contributed by atoms with Crippen LogP contribution in [0.2, 0.25) is 5.16 Å². The van der Waals surface area contributed by atoms with Gasteiger partial charge in [-0.15, -0.1) is 0 Å². The fourth-order valence-corrected chi connectivity index (χ4v) is 5.69. The first kappa shape index (κ1) is 22.3. The van der Waals surface area contributed by atoms with Gasteiger partial charge in [-0.05, 0) is 32.9 Å². The first-order chi connectivity index (χ1) is 10.7. The third kappa shape index (κ3) is 11.8. The zero-order valence-corrected chi connectivity index (χ0v) is 17.0. The first-order valence-electron chi connectivity index (χ1n) is 8.70. The Morgan fingerprint density at radius 1 is 0.636 bits per heavy atom. The number of hydrogen-bond donors (Lipinski definition) is 0. The van der Waals surface area contributed by atoms with E-state index in [9.17, 15) is 0 Å². The summed E-state index contributed by atoms with van der Waals surface area (Å²) in [6, 6.07) is 0. The van der Waals surface area contributed by atoms with Crippen molar-refractivity contribution in [2.24, 2.45) is 0 Å². The summed E-state index contributed by atoms with van der Waals surface area (Å²) < 4.78 is 22.9. The Morgan fingerprint density at radius 2 is 1.05 bits per heavy atom. The van der Waals surface area contributed by atoms with Gasteiger partial charge in [0.15, 0.2) is 0 Å². The smallest absolute Gasteiger partial charge is 0.137 e. The monoisotopic (exact) mass is 346 g/mol. The van der Waals surface area contributed by atoms with Crippen molar-refractivity contribution in [1.29, 1.82) is 0 Å². The first-order valence-corrected chi connectivity index (χ1v) is 11.0. The van der Waals surface area contributed by atoms with Gasteiger partial charge < -0.3 is 18.9 Å². The minimum absolute atomic E-state index is 0.0713. The van der Waals surface area contributed by atoms with Crippen LogP contribution >= 0.6 is 0 Å². The molecule has 0 unspecified atom stereocenters. The predicted octanol–water partition coefficient (Wildman–Crippen LogP) is 3.43. The predicted molar refractivity (Wildman–Crippen MR) is 93.5 cm³/mol. The molecule has 4 nitrogen and oxygen atoms in total. The van der Waals surface area contributed by atoms with Crippen molar-refractivity contribution >= 4 is 19.0 Å². The van der Waals surface area contributed by atoms with E-state index in [1.54, 1.807) is 0 Å². The summed E-state index contributed by atoms with van der Waals surface area (Å²) in [5.74, 6) is -0.143. The molecule has 0 atom stereocenters. The van der Waals surface area contributed by atoms with E-state index in [1.807, 2.05) is 27.7 Å². The summed E-state index contributed by atoms with van der Waals surface area (Å²) in [5, 5.41) is 0.567. The van der Waals surface area contributed by atoms with Crippen molar-refractivity contribution < 1.29 is 18.9 Å². The maximum absolute atomic E-state index is 5.73. The highest BCUT2D eigenvalue weighted by molar-refractivity contribution is 6.59. The van der Waals surface area contributed by atoms with E-state index in [-0.39, 0.29) is 11.8 Å². The van der Waals surface area contributed by atoms with Gasteiger partial charge in [0.05, 0.1) is 0 Å². The lowest BCUT2D eigenvalue weighted by molar-refractivity contribution is -0.0856. The molecule has 0 aromatic heterocycles. The van der Waals surface area contributed by atoms with Crippen LogP contribution in [0.15, 0.2) is 0 Å². The molecule has 0 fully saturated rings. The third-order valence-corrected chi connectivity index (χ3v) is 6.64. The normalized spacial score (nSPS) is 12.0. The van der Waals surface area contributed by atoms with Gasteiger partial charge in [-0.3, -0.25) is 0 Å². The second-order valence-electron chi connectivity index (χ2n) is 4.87. The molecule has 0 amide bonds. The molecule has 0 saturated carbocycles. The van der Waals surface area contributed by atoms with Crippen molar-refractivity contribution in [3.63, 3.8) is 0 Å². The molecule has 0 N–H and O–H groups in total. The molecule has 0 saturated heterocycles. The van der Waals surface area contributed by atoms with E-state index >= 15 is 0 Å². The van der Waals surface area contributed by atoms with Gasteiger partial charge in [0.25, 0.3) is 0 Å². The van der Waals surface area contributed by atoms with Crippen LogP contribution < -0.4 is 0 Å². The van der Waals surface area contributed by atoms with Crippen LogP contribution in [0.25, 0.3) is 0 Å². The standard InChI is InChI=1S/C16H34O4Si2/c1-6-11-12-13-14(21-15(17-7-2)18-8-3)22-16(19-9-4)20-10-5/h14-16H,6-13H2,1-5H3. The largest absolute Gasteiger partial charge is 0.357 e. The highest BCUT2D eigenvalue weighted by atomic mass is 28.3. The number of hydrogen-bond acceptors (Lipinski definition) is 4. The van der Waals surface area contributed by atoms with Crippen LogP contribution in [-0.2, 0) is 18.9 Å². The fourth-order valence-electron chi connectivity index (χ4n) is 2.04. The fraction of sp³-hybridized carbons (Fsp3) is 1.00. The average molecular weight is 347 g/mol. The van der Waals surface area contributed by atoms with Crippen LogP contribution in [0, 0.1) is 0 Å². The Morgan fingerprint density at radius 3 is 1.36 bits per heavy atom. The Labute approximate surface area is 142 Å². The molecule has 0 heterocycles. The zero-order chi connectivity index (χ0) is 16.6. The van der Waals surface area contributed by atoms with E-state index in [0.29, 0.717) is 50.6 Å². The molecular formula is C16H34O4Si2. The summed E-state index contributed by atoms with van der Waals surface area (Å²) in [6.45, 7) is 13.1. The van der Waals surface area contributed by atoms with E-state index in [1.165, 1.54) is 25.7 Å². The lowest BCUT2D eigenvalue weighted by Gasteiger charge is -2.25. The van der Waals surface area contributed by atoms with Crippen molar-refractivity contribution in [2.45, 2.75) is 77.3 Å². The molecule has 0 aromatic carbocycles. The Balaban J connectivity index is 4.54. The van der Waals surface area contributed by atoms with Gasteiger partial charge in [0.1, 0.15) is 30.9 Å². The van der Waals surface area contributed by atoms with Crippen molar-refractivity contribution in [1.82, 2.24) is 0 Å². The second kappa shape index (κ2) is 16.1. The van der Waals surface area contributed by atoms with Gasteiger partial charge in [-0.1, -0.05) is 32.6 Å². The van der Waals surface area contributed by atoms with E-state index in [2.05, 4.69) is 6.92 Å². The van der Waals surface area contributed by atoms with Crippen LogP contribution in [0.4, 0.5) is 0 Å². The Bertz CT molecular complexity index is 202. The third-order valence-electron chi connectivity index (χ3n) is 3.04. The molecule has 0 aliphatic carbocycles. The summed E-state index contributed by atoms with van der Waals surface area (Å²) in [6.07, 6.45) is 5.00. The molecule has 0 aliphatic rings. The number of unbranched alkanes of at least 4 members (excludes halogenated alkanes) is 2. The molecular weight excluding hydrogens is 312 g/mol. The highest BCUT2D eigenvalue weighted by Crippen LogP contribution is 2.18. The second-order valence-corrected chi connectivity index (χ2v) is 8.45. The molecule has 6 heteroatoms. The lowest BCUT2D eigenvalue weighted by Crippen LogP contribution is -2.36. The Kier molecular flexibility index (Phi) is 16.3. The summed E-state index contributed by atoms with van der Waals surface area (Å²) in [4.78, 5) is 0. The summed E-state index contributed by atoms with van der Waals surface area (Å²) >= 11 is 0. The van der Waals surface area contributed by atoms with Gasteiger partial charge in [0.2, 0.25) is 0 Å². The quantitative estimate of drug-likeness (QED) is 0.244. The summed E-state index contributed by atoms with van der Waals surface area (Å²) in [5.41, 5.74) is 0. The van der Waals surface area contributed by atoms with Crippen molar-refractivity contribution in [2.75, 3.05) is 26.4 Å². The molecule has 130 valence electrons. The molecule has 0 aliphatic heterocycles. The number of rotatable bonds is 16. The minimum atomic E-state index is -0.0713. The molecule has 0 rings (SSSR count). The average Bonchev–Trinajstić information content (AvgIpc) is 2.48. The van der Waals surface area contributed by atoms with Crippen LogP contribution in [-0.4, -0.2) is 57.3 Å². The summed E-state index contributed by atoms with van der Waals surface area (Å²) in [7, 11) is 1.30. The minimum Gasteiger partial charge on any atom is -0.357 e. The van der Waals surface area contributed by atoms with Gasteiger partial charge in [-0.25, -0.2) is 0 Å². The lowest BCUT2D eigenvalue weighted by atomic mass is 10.2. The molecule has 0 aromatic rings. The van der Waals surface area contributed by atoms with E-state index in [4.69, 9.17) is 18.9 Å². The van der Waals surface area contributed by atoms with Gasteiger partial charge in [0, 0.05) is 26.4 Å². The molecule has 0 bridgehead atoms.